The Labute approximate surface area is 75.5 Å². The van der Waals surface area contributed by atoms with Crippen LogP contribution >= 0.6 is 0 Å². The average Bonchev–Trinajstić information content (AvgIpc) is 2.03. The van der Waals surface area contributed by atoms with Crippen LogP contribution in [-0.4, -0.2) is 11.2 Å². The second-order valence-electron chi connectivity index (χ2n) is 3.90. The lowest BCUT2D eigenvalue weighted by Gasteiger charge is -2.28. The predicted molar refractivity (Wildman–Crippen MR) is 52.0 cm³/mol. The molecule has 0 fully saturated rings. The van der Waals surface area contributed by atoms with E-state index in [-0.39, 0.29) is 6.10 Å². The summed E-state index contributed by atoms with van der Waals surface area (Å²) in [5, 5.41) is 9.78. The molecule has 0 aromatic heterocycles. The molecular weight excluding hydrogens is 148 g/mol. The van der Waals surface area contributed by atoms with Crippen molar-refractivity contribution in [2.45, 2.75) is 52.6 Å². The van der Waals surface area contributed by atoms with Crippen molar-refractivity contribution in [1.29, 1.82) is 0 Å². The van der Waals surface area contributed by atoms with Crippen molar-refractivity contribution >= 4 is 0 Å². The molecule has 0 heterocycles. The van der Waals surface area contributed by atoms with Gasteiger partial charge in [0.2, 0.25) is 0 Å². The summed E-state index contributed by atoms with van der Waals surface area (Å²) in [6.45, 7) is 6.56. The highest BCUT2D eigenvalue weighted by atomic mass is 16.3. The summed E-state index contributed by atoms with van der Waals surface area (Å²) in [6, 6.07) is 0. The number of hydrogen-bond acceptors (Lipinski definition) is 1. The van der Waals surface area contributed by atoms with Crippen molar-refractivity contribution in [1.82, 2.24) is 0 Å². The minimum Gasteiger partial charge on any atom is -0.389 e. The van der Waals surface area contributed by atoms with Crippen LogP contribution in [0.2, 0.25) is 0 Å². The highest BCUT2D eigenvalue weighted by Crippen LogP contribution is 2.32. The Morgan fingerprint density at radius 3 is 2.50 bits per heavy atom. The van der Waals surface area contributed by atoms with Gasteiger partial charge in [-0.15, -0.1) is 0 Å². The van der Waals surface area contributed by atoms with E-state index in [1.807, 2.05) is 0 Å². The average molecular weight is 168 g/mol. The first kappa shape index (κ1) is 9.79. The molecule has 1 N–H and O–H groups in total. The Kier molecular flexibility index (Phi) is 3.33. The van der Waals surface area contributed by atoms with E-state index in [4.69, 9.17) is 0 Å². The summed E-state index contributed by atoms with van der Waals surface area (Å²) in [7, 11) is 0. The third-order valence-electron chi connectivity index (χ3n) is 2.88. The van der Waals surface area contributed by atoms with Crippen LogP contribution in [0.4, 0.5) is 0 Å². The highest BCUT2D eigenvalue weighted by molar-refractivity contribution is 5.21. The molecule has 12 heavy (non-hydrogen) atoms. The van der Waals surface area contributed by atoms with Crippen molar-refractivity contribution in [3.8, 4) is 0 Å². The largest absolute Gasteiger partial charge is 0.389 e. The third kappa shape index (κ3) is 1.89. The fraction of sp³-hybridized carbons (Fsp3) is 0.818. The first-order chi connectivity index (χ1) is 5.69. The molecule has 0 aromatic rings. The van der Waals surface area contributed by atoms with Gasteiger partial charge in [0.05, 0.1) is 6.10 Å². The Morgan fingerprint density at radius 1 is 1.33 bits per heavy atom. The van der Waals surface area contributed by atoms with Gasteiger partial charge in [0.1, 0.15) is 0 Å². The number of allylic oxidation sites excluding steroid dienone is 1. The first-order valence-corrected chi connectivity index (χ1v) is 5.07. The van der Waals surface area contributed by atoms with E-state index >= 15 is 0 Å². The topological polar surface area (TPSA) is 20.2 Å². The number of hydrogen-bond donors (Lipinski definition) is 1. The van der Waals surface area contributed by atoms with Crippen LogP contribution in [0.15, 0.2) is 11.1 Å². The molecule has 0 spiro atoms. The van der Waals surface area contributed by atoms with Crippen molar-refractivity contribution < 1.29 is 5.11 Å². The number of aliphatic hydroxyl groups excluding tert-OH is 1. The van der Waals surface area contributed by atoms with Crippen LogP contribution in [0.5, 0.6) is 0 Å². The fourth-order valence-corrected chi connectivity index (χ4v) is 2.25. The number of rotatable bonds is 2. The third-order valence-corrected chi connectivity index (χ3v) is 2.88. The molecule has 0 amide bonds. The van der Waals surface area contributed by atoms with Crippen LogP contribution in [0.1, 0.15) is 46.5 Å². The molecule has 0 aliphatic heterocycles. The van der Waals surface area contributed by atoms with Crippen molar-refractivity contribution in [3.05, 3.63) is 11.1 Å². The monoisotopic (exact) mass is 168 g/mol. The highest BCUT2D eigenvalue weighted by Gasteiger charge is 2.22. The molecule has 2 unspecified atom stereocenters. The lowest BCUT2D eigenvalue weighted by atomic mass is 9.81. The normalized spacial score (nSPS) is 31.0. The minimum absolute atomic E-state index is 0.145. The maximum absolute atomic E-state index is 9.78. The predicted octanol–water partition coefficient (Wildman–Crippen LogP) is 2.89. The van der Waals surface area contributed by atoms with E-state index in [9.17, 15) is 5.11 Å². The van der Waals surface area contributed by atoms with E-state index < -0.39 is 0 Å². The Hall–Kier alpha value is -0.300. The van der Waals surface area contributed by atoms with Crippen LogP contribution in [-0.2, 0) is 0 Å². The molecule has 2 atom stereocenters. The molecule has 0 bridgehead atoms. The Morgan fingerprint density at radius 2 is 2.00 bits per heavy atom. The smallest absolute Gasteiger partial charge is 0.0755 e. The van der Waals surface area contributed by atoms with Gasteiger partial charge >= 0.3 is 0 Å². The van der Waals surface area contributed by atoms with E-state index in [0.717, 1.165) is 19.3 Å². The summed E-state index contributed by atoms with van der Waals surface area (Å²) in [4.78, 5) is 0. The van der Waals surface area contributed by atoms with Crippen LogP contribution in [0.25, 0.3) is 0 Å². The van der Waals surface area contributed by atoms with Gasteiger partial charge in [-0.05, 0) is 37.2 Å². The zero-order valence-electron chi connectivity index (χ0n) is 8.43. The second-order valence-corrected chi connectivity index (χ2v) is 3.90. The molecule has 0 radical (unpaired) electrons. The summed E-state index contributed by atoms with van der Waals surface area (Å²) < 4.78 is 0. The van der Waals surface area contributed by atoms with Crippen molar-refractivity contribution in [2.75, 3.05) is 0 Å². The first-order valence-electron chi connectivity index (χ1n) is 5.07. The zero-order chi connectivity index (χ0) is 9.14. The van der Waals surface area contributed by atoms with Crippen LogP contribution < -0.4 is 0 Å². The number of aliphatic hydroxyl groups is 1. The summed E-state index contributed by atoms with van der Waals surface area (Å²) in [5.41, 5.74) is 2.82. The molecular formula is C11H20O. The van der Waals surface area contributed by atoms with E-state index in [2.05, 4.69) is 20.8 Å². The van der Waals surface area contributed by atoms with E-state index in [1.54, 1.807) is 0 Å². The molecule has 1 aliphatic rings. The quantitative estimate of drug-likeness (QED) is 0.629. The van der Waals surface area contributed by atoms with Gasteiger partial charge in [0, 0.05) is 0 Å². The summed E-state index contributed by atoms with van der Waals surface area (Å²) in [5.74, 6) is 0.672. The minimum atomic E-state index is -0.145. The van der Waals surface area contributed by atoms with Gasteiger partial charge in [-0.1, -0.05) is 26.3 Å². The van der Waals surface area contributed by atoms with Gasteiger partial charge in [-0.3, -0.25) is 0 Å². The zero-order valence-corrected chi connectivity index (χ0v) is 8.43. The maximum Gasteiger partial charge on any atom is 0.0755 e. The fourth-order valence-electron chi connectivity index (χ4n) is 2.25. The molecule has 70 valence electrons. The molecule has 0 saturated carbocycles. The van der Waals surface area contributed by atoms with Gasteiger partial charge in [0.25, 0.3) is 0 Å². The summed E-state index contributed by atoms with van der Waals surface area (Å²) >= 11 is 0. The van der Waals surface area contributed by atoms with E-state index in [1.165, 1.54) is 17.6 Å². The molecule has 1 nitrogen and oxygen atoms in total. The van der Waals surface area contributed by atoms with Crippen LogP contribution in [0.3, 0.4) is 0 Å². The maximum atomic E-state index is 9.78. The summed E-state index contributed by atoms with van der Waals surface area (Å²) in [6.07, 6.45) is 4.17. The Bertz CT molecular complexity index is 181. The molecule has 0 aromatic carbocycles. The molecule has 1 heteroatoms. The second kappa shape index (κ2) is 4.08. The lowest BCUT2D eigenvalue weighted by molar-refractivity contribution is 0.163. The molecule has 1 aliphatic carbocycles. The molecule has 1 rings (SSSR count). The molecule has 0 saturated heterocycles. The van der Waals surface area contributed by atoms with Crippen LogP contribution in [0, 0.1) is 5.92 Å². The standard InChI is InChI=1S/C11H20O/c1-4-9-6-8(3)7-11(12)10(9)5-2/h8,11-12H,4-7H2,1-3H3. The van der Waals surface area contributed by atoms with Gasteiger partial charge in [-0.2, -0.15) is 0 Å². The van der Waals surface area contributed by atoms with E-state index in [0.29, 0.717) is 5.92 Å². The van der Waals surface area contributed by atoms with Gasteiger partial charge in [-0.25, -0.2) is 0 Å². The Balaban J connectivity index is 2.82. The SMILES string of the molecule is CCC1=C(CC)C(O)CC(C)C1. The van der Waals surface area contributed by atoms with Crippen molar-refractivity contribution in [3.63, 3.8) is 0 Å². The van der Waals surface area contributed by atoms with Gasteiger partial charge in [0.15, 0.2) is 0 Å². The van der Waals surface area contributed by atoms with Gasteiger partial charge < -0.3 is 5.11 Å². The van der Waals surface area contributed by atoms with Crippen molar-refractivity contribution in [2.24, 2.45) is 5.92 Å². The lowest BCUT2D eigenvalue weighted by Crippen LogP contribution is -2.21.